The number of rotatable bonds is 11. The summed E-state index contributed by atoms with van der Waals surface area (Å²) in [7, 11) is 0. The van der Waals surface area contributed by atoms with Crippen molar-refractivity contribution in [3.05, 3.63) is 41.7 Å². The van der Waals surface area contributed by atoms with E-state index in [1.807, 2.05) is 19.3 Å². The van der Waals surface area contributed by atoms with Gasteiger partial charge in [-0.25, -0.2) is 9.97 Å². The minimum atomic E-state index is -0.769. The molecule has 1 fully saturated rings. The Morgan fingerprint density at radius 3 is 2.36 bits per heavy atom. The van der Waals surface area contributed by atoms with Gasteiger partial charge in [0, 0.05) is 18.4 Å². The average molecular weight is 453 g/mol. The summed E-state index contributed by atoms with van der Waals surface area (Å²) in [6.07, 6.45) is 12.0. The third-order valence-corrected chi connectivity index (χ3v) is 6.99. The van der Waals surface area contributed by atoms with Crippen LogP contribution in [0.4, 0.5) is 17.3 Å². The number of aromatic nitrogens is 2. The zero-order valence-electron chi connectivity index (χ0n) is 20.6. The number of hydrogen-bond acceptors (Lipinski definition) is 5. The number of carboxylic acids is 1. The largest absolute Gasteiger partial charge is 0.481 e. The van der Waals surface area contributed by atoms with Gasteiger partial charge in [-0.05, 0) is 66.7 Å². The van der Waals surface area contributed by atoms with Crippen LogP contribution in [0, 0.1) is 11.8 Å². The van der Waals surface area contributed by atoms with E-state index in [0.717, 1.165) is 35.3 Å². The SMILES string of the molecule is CCc1cnc(Nc2cc(C(CC)CC(=O)O)ccc2NC(C(C)C)C2CCCCC2)nc1. The molecule has 3 rings (SSSR count). The number of benzene rings is 1. The fraction of sp³-hybridized carbons (Fsp3) is 0.593. The van der Waals surface area contributed by atoms with Gasteiger partial charge in [0.2, 0.25) is 5.95 Å². The molecule has 3 N–H and O–H groups in total. The second-order valence-corrected chi connectivity index (χ2v) is 9.71. The lowest BCUT2D eigenvalue weighted by Crippen LogP contribution is -2.35. The summed E-state index contributed by atoms with van der Waals surface area (Å²) in [4.78, 5) is 20.4. The highest BCUT2D eigenvalue weighted by atomic mass is 16.4. The van der Waals surface area contributed by atoms with E-state index in [4.69, 9.17) is 0 Å². The van der Waals surface area contributed by atoms with E-state index in [1.54, 1.807) is 0 Å². The lowest BCUT2D eigenvalue weighted by Gasteiger charge is -2.35. The Morgan fingerprint density at radius 1 is 1.09 bits per heavy atom. The predicted molar refractivity (Wildman–Crippen MR) is 135 cm³/mol. The molecule has 2 aromatic rings. The van der Waals surface area contributed by atoms with Crippen molar-refractivity contribution < 1.29 is 9.90 Å². The first kappa shape index (κ1) is 25.0. The van der Waals surface area contributed by atoms with Gasteiger partial charge >= 0.3 is 5.97 Å². The molecule has 1 aliphatic carbocycles. The Balaban J connectivity index is 1.93. The minimum absolute atomic E-state index is 0.0280. The molecule has 1 aromatic carbocycles. The molecule has 6 nitrogen and oxygen atoms in total. The molecule has 2 atom stereocenters. The van der Waals surface area contributed by atoms with E-state index in [2.05, 4.69) is 59.6 Å². The van der Waals surface area contributed by atoms with Crippen LogP contribution in [0.25, 0.3) is 0 Å². The van der Waals surface area contributed by atoms with Crippen molar-refractivity contribution in [3.8, 4) is 0 Å². The van der Waals surface area contributed by atoms with Crippen molar-refractivity contribution in [3.63, 3.8) is 0 Å². The van der Waals surface area contributed by atoms with E-state index in [1.165, 1.54) is 32.1 Å². The summed E-state index contributed by atoms with van der Waals surface area (Å²) in [5.41, 5.74) is 4.05. The van der Waals surface area contributed by atoms with Crippen molar-refractivity contribution in [1.29, 1.82) is 0 Å². The number of nitrogens with one attached hydrogen (secondary N) is 2. The number of nitrogens with zero attached hydrogens (tertiary/aromatic N) is 2. The average Bonchev–Trinajstić information content (AvgIpc) is 2.82. The highest BCUT2D eigenvalue weighted by molar-refractivity contribution is 5.74. The Labute approximate surface area is 198 Å². The van der Waals surface area contributed by atoms with Gasteiger partial charge in [-0.2, -0.15) is 0 Å². The van der Waals surface area contributed by atoms with Crippen LogP contribution in [-0.2, 0) is 11.2 Å². The molecule has 0 bridgehead atoms. The molecule has 0 amide bonds. The van der Waals surface area contributed by atoms with E-state index >= 15 is 0 Å². The number of hydrogen-bond donors (Lipinski definition) is 3. The first-order valence-corrected chi connectivity index (χ1v) is 12.6. The highest BCUT2D eigenvalue weighted by Gasteiger charge is 2.27. The third kappa shape index (κ3) is 6.92. The molecule has 0 aliphatic heterocycles. The van der Waals surface area contributed by atoms with Crippen LogP contribution >= 0.6 is 0 Å². The maximum atomic E-state index is 11.4. The van der Waals surface area contributed by atoms with Gasteiger partial charge in [-0.1, -0.05) is 53.0 Å². The number of carboxylic acid groups (broad SMARTS) is 1. The predicted octanol–water partition coefficient (Wildman–Crippen LogP) is 6.77. The van der Waals surface area contributed by atoms with Gasteiger partial charge in [0.05, 0.1) is 17.8 Å². The molecule has 0 radical (unpaired) electrons. The summed E-state index contributed by atoms with van der Waals surface area (Å²) in [5, 5.41) is 16.6. The van der Waals surface area contributed by atoms with Crippen molar-refractivity contribution in [1.82, 2.24) is 9.97 Å². The summed E-state index contributed by atoms with van der Waals surface area (Å²) in [6, 6.07) is 6.64. The second-order valence-electron chi connectivity index (χ2n) is 9.71. The van der Waals surface area contributed by atoms with Crippen LogP contribution in [0.3, 0.4) is 0 Å². The van der Waals surface area contributed by atoms with Gasteiger partial charge < -0.3 is 15.7 Å². The fourth-order valence-electron chi connectivity index (χ4n) is 4.98. The molecule has 6 heteroatoms. The molecular formula is C27H40N4O2. The van der Waals surface area contributed by atoms with Crippen LogP contribution in [0.1, 0.15) is 89.7 Å². The topological polar surface area (TPSA) is 87.1 Å². The van der Waals surface area contributed by atoms with Gasteiger partial charge in [-0.15, -0.1) is 0 Å². The molecule has 2 unspecified atom stereocenters. The Bertz CT molecular complexity index is 891. The second kappa shape index (κ2) is 12.0. The van der Waals surface area contributed by atoms with Crippen LogP contribution in [0.2, 0.25) is 0 Å². The summed E-state index contributed by atoms with van der Waals surface area (Å²) in [5.74, 6) is 0.935. The monoisotopic (exact) mass is 452 g/mol. The first-order chi connectivity index (χ1) is 15.9. The van der Waals surface area contributed by atoms with Gasteiger partial charge in [0.15, 0.2) is 0 Å². The van der Waals surface area contributed by atoms with Crippen LogP contribution in [0.5, 0.6) is 0 Å². The van der Waals surface area contributed by atoms with Crippen LogP contribution in [-0.4, -0.2) is 27.1 Å². The van der Waals surface area contributed by atoms with Crippen molar-refractivity contribution in [2.24, 2.45) is 11.8 Å². The highest BCUT2D eigenvalue weighted by Crippen LogP contribution is 2.36. The molecule has 33 heavy (non-hydrogen) atoms. The van der Waals surface area contributed by atoms with Crippen LogP contribution < -0.4 is 10.6 Å². The standard InChI is InChI=1S/C27H40N4O2/c1-5-19-16-28-27(29-17-19)31-24-14-22(20(6-2)15-25(32)33)12-13-23(24)30-26(18(3)4)21-10-8-7-9-11-21/h12-14,16-18,20-21,26,30H,5-11,15H2,1-4H3,(H,32,33)(H,28,29,31). The van der Waals surface area contributed by atoms with E-state index in [0.29, 0.717) is 23.8 Å². The molecule has 1 aliphatic rings. The molecule has 0 saturated heterocycles. The number of aliphatic carboxylic acids is 1. The van der Waals surface area contributed by atoms with Gasteiger partial charge in [0.25, 0.3) is 0 Å². The molecular weight excluding hydrogens is 412 g/mol. The van der Waals surface area contributed by atoms with Gasteiger partial charge in [-0.3, -0.25) is 4.79 Å². The molecule has 180 valence electrons. The fourth-order valence-corrected chi connectivity index (χ4v) is 4.98. The maximum Gasteiger partial charge on any atom is 0.303 e. The zero-order chi connectivity index (χ0) is 23.8. The third-order valence-electron chi connectivity index (χ3n) is 6.99. The lowest BCUT2D eigenvalue weighted by atomic mass is 9.79. The molecule has 1 aromatic heterocycles. The normalized spacial score (nSPS) is 16.4. The van der Waals surface area contributed by atoms with Crippen molar-refractivity contribution in [2.45, 2.75) is 91.0 Å². The number of carbonyl (C=O) groups is 1. The Hall–Kier alpha value is -2.63. The van der Waals surface area contributed by atoms with Gasteiger partial charge in [0.1, 0.15) is 0 Å². The van der Waals surface area contributed by atoms with Crippen LogP contribution in [0.15, 0.2) is 30.6 Å². The number of anilines is 3. The lowest BCUT2D eigenvalue weighted by molar-refractivity contribution is -0.137. The summed E-state index contributed by atoms with van der Waals surface area (Å²) >= 11 is 0. The minimum Gasteiger partial charge on any atom is -0.481 e. The van der Waals surface area contributed by atoms with E-state index in [-0.39, 0.29) is 12.3 Å². The number of aryl methyl sites for hydroxylation is 1. The Kier molecular flexibility index (Phi) is 9.10. The quantitative estimate of drug-likeness (QED) is 0.349. The first-order valence-electron chi connectivity index (χ1n) is 12.6. The zero-order valence-corrected chi connectivity index (χ0v) is 20.6. The van der Waals surface area contributed by atoms with Crippen molar-refractivity contribution >= 4 is 23.3 Å². The molecule has 1 saturated carbocycles. The summed E-state index contributed by atoms with van der Waals surface area (Å²) < 4.78 is 0. The smallest absolute Gasteiger partial charge is 0.303 e. The van der Waals surface area contributed by atoms with Crippen molar-refractivity contribution in [2.75, 3.05) is 10.6 Å². The van der Waals surface area contributed by atoms with E-state index < -0.39 is 5.97 Å². The Morgan fingerprint density at radius 2 is 1.79 bits per heavy atom. The summed E-state index contributed by atoms with van der Waals surface area (Å²) in [6.45, 7) is 8.71. The van der Waals surface area contributed by atoms with E-state index in [9.17, 15) is 9.90 Å². The maximum absolute atomic E-state index is 11.4. The molecule has 1 heterocycles. The molecule has 0 spiro atoms.